The van der Waals surface area contributed by atoms with Crippen LogP contribution in [0.2, 0.25) is 0 Å². The lowest BCUT2D eigenvalue weighted by molar-refractivity contribution is 0.0677. The van der Waals surface area contributed by atoms with E-state index < -0.39 is 0 Å². The summed E-state index contributed by atoms with van der Waals surface area (Å²) in [5.74, 6) is 1.38. The second-order valence-corrected chi connectivity index (χ2v) is 3.64. The summed E-state index contributed by atoms with van der Waals surface area (Å²) in [5, 5.41) is 6.18. The Balaban J connectivity index is 2.16. The topological polar surface area (TPSA) is 88.6 Å². The van der Waals surface area contributed by atoms with E-state index >= 15 is 0 Å². The van der Waals surface area contributed by atoms with Crippen LogP contribution in [-0.4, -0.2) is 31.3 Å². The van der Waals surface area contributed by atoms with Crippen LogP contribution in [0.5, 0.6) is 0 Å². The predicted molar refractivity (Wildman–Crippen MR) is 60.6 cm³/mol. The molecule has 0 saturated carbocycles. The molecule has 0 aliphatic heterocycles. The number of nitrogens with zero attached hydrogens (tertiary/aromatic N) is 3. The zero-order chi connectivity index (χ0) is 12.3. The highest BCUT2D eigenvalue weighted by atomic mass is 16.5. The van der Waals surface area contributed by atoms with Crippen molar-refractivity contribution in [3.05, 3.63) is 34.5 Å². The number of H-pyrrole nitrogens is 2. The summed E-state index contributed by atoms with van der Waals surface area (Å²) >= 11 is 0. The lowest BCUT2D eigenvalue weighted by atomic mass is 10.3. The molecule has 0 spiro atoms. The fourth-order valence-corrected chi connectivity index (χ4v) is 1.68. The molecule has 2 N–H and O–H groups in total. The Labute approximate surface area is 97.8 Å². The van der Waals surface area contributed by atoms with E-state index in [2.05, 4.69) is 20.2 Å². The van der Waals surface area contributed by atoms with Crippen molar-refractivity contribution in [3.63, 3.8) is 0 Å². The van der Waals surface area contributed by atoms with E-state index in [1.165, 1.54) is 0 Å². The Bertz CT molecular complexity index is 527. The molecular formula is C10H15N5O2. The number of rotatable bonds is 5. The van der Waals surface area contributed by atoms with Gasteiger partial charge in [-0.15, -0.1) is 0 Å². The van der Waals surface area contributed by atoms with Crippen LogP contribution in [-0.2, 0) is 11.3 Å². The summed E-state index contributed by atoms with van der Waals surface area (Å²) in [7, 11) is 0. The van der Waals surface area contributed by atoms with Gasteiger partial charge in [-0.25, -0.2) is 14.9 Å². The zero-order valence-electron chi connectivity index (χ0n) is 9.80. The van der Waals surface area contributed by atoms with Crippen LogP contribution in [0.1, 0.15) is 31.6 Å². The molecule has 2 heterocycles. The van der Waals surface area contributed by atoms with Gasteiger partial charge in [-0.1, -0.05) is 0 Å². The van der Waals surface area contributed by atoms with E-state index in [4.69, 9.17) is 4.74 Å². The zero-order valence-corrected chi connectivity index (χ0v) is 9.80. The first-order valence-electron chi connectivity index (χ1n) is 5.47. The molecule has 2 rings (SSSR count). The number of hydrogen-bond acceptors (Lipinski definition) is 4. The fourth-order valence-electron chi connectivity index (χ4n) is 1.68. The molecule has 7 nitrogen and oxygen atoms in total. The number of aromatic amines is 2. The van der Waals surface area contributed by atoms with Crippen molar-refractivity contribution in [2.75, 3.05) is 6.61 Å². The molecule has 0 saturated heterocycles. The maximum Gasteiger partial charge on any atom is 0.340 e. The molecule has 0 aromatic carbocycles. The highest BCUT2D eigenvalue weighted by Crippen LogP contribution is 2.14. The molecule has 92 valence electrons. The second-order valence-electron chi connectivity index (χ2n) is 3.64. The molecule has 0 fully saturated rings. The van der Waals surface area contributed by atoms with Crippen molar-refractivity contribution in [1.82, 2.24) is 24.7 Å². The molecule has 7 heteroatoms. The Hall–Kier alpha value is -1.89. The third-order valence-electron chi connectivity index (χ3n) is 2.40. The van der Waals surface area contributed by atoms with Gasteiger partial charge < -0.3 is 9.30 Å². The van der Waals surface area contributed by atoms with Gasteiger partial charge in [0, 0.05) is 19.0 Å². The molecule has 17 heavy (non-hydrogen) atoms. The fraction of sp³-hybridized carbons (Fsp3) is 0.500. The standard InChI is InChI=1S/C10H15N5O2/c1-3-17-7(2)9-11-4-5-15(9)6-8-12-10(16)14-13-8/h4-5,7H,3,6H2,1-2H3,(H2,12,13,14,16)/t7-/m0/s1. The minimum absolute atomic E-state index is 0.0827. The van der Waals surface area contributed by atoms with E-state index in [0.29, 0.717) is 19.0 Å². The quantitative estimate of drug-likeness (QED) is 0.789. The molecular weight excluding hydrogens is 222 g/mol. The minimum atomic E-state index is -0.306. The van der Waals surface area contributed by atoms with Gasteiger partial charge in [0.25, 0.3) is 0 Å². The maximum absolute atomic E-state index is 10.9. The van der Waals surface area contributed by atoms with Gasteiger partial charge in [0.15, 0.2) is 5.82 Å². The SMILES string of the molecule is CCO[C@@H](C)c1nccn1Cc1n[nH]c(=O)[nH]1. The molecule has 2 aromatic rings. The number of imidazole rings is 1. The van der Waals surface area contributed by atoms with Crippen molar-refractivity contribution in [3.8, 4) is 0 Å². The van der Waals surface area contributed by atoms with E-state index in [1.54, 1.807) is 6.20 Å². The van der Waals surface area contributed by atoms with Crippen molar-refractivity contribution >= 4 is 0 Å². The Morgan fingerprint density at radius 2 is 2.41 bits per heavy atom. The minimum Gasteiger partial charge on any atom is -0.371 e. The molecule has 2 aromatic heterocycles. The van der Waals surface area contributed by atoms with Crippen molar-refractivity contribution in [2.45, 2.75) is 26.5 Å². The molecule has 0 unspecified atom stereocenters. The second kappa shape index (κ2) is 4.96. The first kappa shape index (κ1) is 11.6. The van der Waals surface area contributed by atoms with Crippen LogP contribution < -0.4 is 5.69 Å². The van der Waals surface area contributed by atoms with Crippen LogP contribution in [0, 0.1) is 0 Å². The molecule has 0 bridgehead atoms. The smallest absolute Gasteiger partial charge is 0.340 e. The number of aromatic nitrogens is 5. The third kappa shape index (κ3) is 2.62. The summed E-state index contributed by atoms with van der Waals surface area (Å²) in [5.41, 5.74) is -0.306. The highest BCUT2D eigenvalue weighted by Gasteiger charge is 2.12. The van der Waals surface area contributed by atoms with Gasteiger partial charge in [-0.3, -0.25) is 4.98 Å². The Morgan fingerprint density at radius 3 is 3.06 bits per heavy atom. The van der Waals surface area contributed by atoms with Gasteiger partial charge >= 0.3 is 5.69 Å². The van der Waals surface area contributed by atoms with Crippen molar-refractivity contribution in [1.29, 1.82) is 0 Å². The van der Waals surface area contributed by atoms with Gasteiger partial charge in [0.2, 0.25) is 0 Å². The normalized spacial score (nSPS) is 12.8. The van der Waals surface area contributed by atoms with Crippen LogP contribution in [0.4, 0.5) is 0 Å². The number of nitrogens with one attached hydrogen (secondary N) is 2. The van der Waals surface area contributed by atoms with E-state index in [0.717, 1.165) is 5.82 Å². The molecule has 0 radical (unpaired) electrons. The molecule has 0 aliphatic rings. The first-order chi connectivity index (χ1) is 8.20. The Kier molecular flexibility index (Phi) is 3.38. The third-order valence-corrected chi connectivity index (χ3v) is 2.40. The van der Waals surface area contributed by atoms with Crippen LogP contribution in [0.25, 0.3) is 0 Å². The van der Waals surface area contributed by atoms with E-state index in [9.17, 15) is 4.79 Å². The summed E-state index contributed by atoms with van der Waals surface area (Å²) in [4.78, 5) is 17.8. The van der Waals surface area contributed by atoms with Crippen molar-refractivity contribution < 1.29 is 4.74 Å². The summed E-state index contributed by atoms with van der Waals surface area (Å²) < 4.78 is 7.38. The maximum atomic E-state index is 10.9. The highest BCUT2D eigenvalue weighted by molar-refractivity contribution is 4.99. The van der Waals surface area contributed by atoms with Crippen LogP contribution in [0.15, 0.2) is 17.2 Å². The number of ether oxygens (including phenoxy) is 1. The lowest BCUT2D eigenvalue weighted by Crippen LogP contribution is -2.11. The first-order valence-corrected chi connectivity index (χ1v) is 5.47. The predicted octanol–water partition coefficient (Wildman–Crippen LogP) is 0.440. The largest absolute Gasteiger partial charge is 0.371 e. The lowest BCUT2D eigenvalue weighted by Gasteiger charge is -2.12. The van der Waals surface area contributed by atoms with Gasteiger partial charge in [0.1, 0.15) is 11.9 Å². The Morgan fingerprint density at radius 1 is 1.59 bits per heavy atom. The average Bonchev–Trinajstić information content (AvgIpc) is 2.89. The van der Waals surface area contributed by atoms with Crippen LogP contribution >= 0.6 is 0 Å². The van der Waals surface area contributed by atoms with Gasteiger partial charge in [-0.2, -0.15) is 5.10 Å². The van der Waals surface area contributed by atoms with E-state index in [1.807, 2.05) is 24.6 Å². The molecule has 1 atom stereocenters. The van der Waals surface area contributed by atoms with Gasteiger partial charge in [-0.05, 0) is 13.8 Å². The van der Waals surface area contributed by atoms with Gasteiger partial charge in [0.05, 0.1) is 6.54 Å². The molecule has 0 aliphatic carbocycles. The average molecular weight is 237 g/mol. The summed E-state index contributed by atoms with van der Waals surface area (Å²) in [6.07, 6.45) is 3.45. The summed E-state index contributed by atoms with van der Waals surface area (Å²) in [6, 6.07) is 0. The van der Waals surface area contributed by atoms with Crippen molar-refractivity contribution in [2.24, 2.45) is 0 Å². The monoisotopic (exact) mass is 237 g/mol. The van der Waals surface area contributed by atoms with Crippen LogP contribution in [0.3, 0.4) is 0 Å². The summed E-state index contributed by atoms with van der Waals surface area (Å²) in [6.45, 7) is 4.98. The molecule has 0 amide bonds. The van der Waals surface area contributed by atoms with E-state index in [-0.39, 0.29) is 11.8 Å². The number of hydrogen-bond donors (Lipinski definition) is 2.